The molecule has 0 radical (unpaired) electrons. The highest BCUT2D eigenvalue weighted by Gasteiger charge is 2.75. The topological polar surface area (TPSA) is 283 Å². The Balaban J connectivity index is -0.000000169. The Morgan fingerprint density at radius 2 is 0.529 bits per heavy atom. The maximum atomic E-state index is 13.0. The SMILES string of the molecule is CC(C)(C)C(O)CC(O)C(C)(C)C.CC(C)(C)C(O)CC(O)C(F)(F)C(F)(F)C(F)(F)F.CC(C)(C)C(O)CC(O)C(F)(F)F.CC(C)C(O)CC(O)C(C)C.CC(C)CC(O)CC(C)O.CC(O)CC(O)C(C)(C)C.CCC(O)CC(O)CC. The van der Waals surface area contributed by atoms with Crippen LogP contribution in [-0.4, -0.2) is 181 Å². The van der Waals surface area contributed by atoms with E-state index in [0.29, 0.717) is 38.0 Å². The molecule has 0 saturated heterocycles. The van der Waals surface area contributed by atoms with E-state index in [2.05, 4.69) is 13.8 Å². The minimum atomic E-state index is -6.50. The Morgan fingerprint density at radius 3 is 0.718 bits per heavy atom. The summed E-state index contributed by atoms with van der Waals surface area (Å²) in [5.41, 5.74) is -2.10. The van der Waals surface area contributed by atoms with E-state index in [-0.39, 0.29) is 64.7 Å². The summed E-state index contributed by atoms with van der Waals surface area (Å²) in [4.78, 5) is 0. The highest BCUT2D eigenvalue weighted by molar-refractivity contribution is 4.97. The van der Waals surface area contributed by atoms with Gasteiger partial charge in [0.1, 0.15) is 6.10 Å². The largest absolute Gasteiger partial charge is 0.459 e. The van der Waals surface area contributed by atoms with Crippen molar-refractivity contribution in [2.45, 2.75) is 347 Å². The van der Waals surface area contributed by atoms with Gasteiger partial charge in [-0.15, -0.1) is 0 Å². The van der Waals surface area contributed by atoms with Gasteiger partial charge in [0.15, 0.2) is 6.10 Å². The molecule has 0 aromatic heterocycles. The third-order valence-electron chi connectivity index (χ3n) is 13.3. The first-order valence-electron chi connectivity index (χ1n) is 29.6. The van der Waals surface area contributed by atoms with Crippen LogP contribution in [0.4, 0.5) is 43.9 Å². The van der Waals surface area contributed by atoms with Crippen LogP contribution in [0.5, 0.6) is 0 Å². The predicted molar refractivity (Wildman–Crippen MR) is 317 cm³/mol. The van der Waals surface area contributed by atoms with Crippen LogP contribution in [0.25, 0.3) is 0 Å². The van der Waals surface area contributed by atoms with Crippen LogP contribution in [0, 0.1) is 44.8 Å². The van der Waals surface area contributed by atoms with E-state index in [1.54, 1.807) is 34.6 Å². The smallest absolute Gasteiger partial charge is 0.393 e. The summed E-state index contributed by atoms with van der Waals surface area (Å²) in [6, 6.07) is 0. The summed E-state index contributed by atoms with van der Waals surface area (Å²) in [6.45, 7) is 45.8. The lowest BCUT2D eigenvalue weighted by Gasteiger charge is -2.34. The summed E-state index contributed by atoms with van der Waals surface area (Å²) in [7, 11) is 0. The first-order valence-corrected chi connectivity index (χ1v) is 29.6. The number of aliphatic hydroxyl groups excluding tert-OH is 14. The number of alkyl halides is 10. The second kappa shape index (κ2) is 42.7. The van der Waals surface area contributed by atoms with Gasteiger partial charge >= 0.3 is 24.2 Å². The van der Waals surface area contributed by atoms with Crippen molar-refractivity contribution in [3.8, 4) is 0 Å². The summed E-state index contributed by atoms with van der Waals surface area (Å²) >= 11 is 0. The molecule has 0 spiro atoms. The van der Waals surface area contributed by atoms with Gasteiger partial charge in [-0.2, -0.15) is 43.9 Å². The molecule has 24 heteroatoms. The van der Waals surface area contributed by atoms with E-state index in [9.17, 15) is 84.8 Å². The summed E-state index contributed by atoms with van der Waals surface area (Å²) in [5, 5.41) is 129. The van der Waals surface area contributed by atoms with Crippen LogP contribution in [-0.2, 0) is 0 Å². The molecule has 0 aromatic carbocycles. The average Bonchev–Trinajstić information content (AvgIpc) is 3.26. The Kier molecular flexibility index (Phi) is 48.9. The van der Waals surface area contributed by atoms with Gasteiger partial charge in [0.25, 0.3) is 0 Å². The molecule has 0 aromatic rings. The fourth-order valence-corrected chi connectivity index (χ4v) is 5.88. The van der Waals surface area contributed by atoms with Gasteiger partial charge < -0.3 is 71.5 Å². The van der Waals surface area contributed by atoms with E-state index < -0.39 is 96.7 Å². The van der Waals surface area contributed by atoms with Crippen LogP contribution in [0.3, 0.4) is 0 Å². The molecule has 0 amide bonds. The summed E-state index contributed by atoms with van der Waals surface area (Å²) in [5.74, 6) is -11.1. The van der Waals surface area contributed by atoms with Crippen LogP contribution in [0.2, 0.25) is 0 Å². The number of hydrogen-bond acceptors (Lipinski definition) is 14. The first kappa shape index (κ1) is 97.3. The number of hydrogen-bond donors (Lipinski definition) is 14. The molecule has 0 rings (SSSR count). The third-order valence-corrected chi connectivity index (χ3v) is 13.3. The average molecular weight is 1270 g/mol. The van der Waals surface area contributed by atoms with E-state index in [1.165, 1.54) is 20.8 Å². The number of halogens is 10. The molecule has 0 bridgehead atoms. The van der Waals surface area contributed by atoms with Crippen LogP contribution in [0.15, 0.2) is 0 Å². The molecule has 0 saturated carbocycles. The molecule has 0 aliphatic carbocycles. The normalized spacial score (nSPS) is 18.1. The molecule has 14 nitrogen and oxygen atoms in total. The monoisotopic (exact) mass is 1270 g/mol. The lowest BCUT2D eigenvalue weighted by molar-refractivity contribution is -0.372. The van der Waals surface area contributed by atoms with E-state index in [1.807, 2.05) is 104 Å². The number of rotatable bonds is 22. The van der Waals surface area contributed by atoms with Gasteiger partial charge in [0.2, 0.25) is 0 Å². The molecule has 0 aliphatic rings. The van der Waals surface area contributed by atoms with Gasteiger partial charge in [-0.25, -0.2) is 0 Å². The fraction of sp³-hybridized carbons (Fsp3) is 1.00. The fourth-order valence-electron chi connectivity index (χ4n) is 5.88. The zero-order valence-corrected chi connectivity index (χ0v) is 56.4. The minimum Gasteiger partial charge on any atom is -0.393 e. The molecule has 14 atom stereocenters. The van der Waals surface area contributed by atoms with Crippen molar-refractivity contribution in [2.24, 2.45) is 44.8 Å². The molecule has 85 heavy (non-hydrogen) atoms. The van der Waals surface area contributed by atoms with Gasteiger partial charge in [0, 0.05) is 19.3 Å². The molecular formula is C61H126F10O14. The quantitative estimate of drug-likeness (QED) is 0.0449. The van der Waals surface area contributed by atoms with Crippen molar-refractivity contribution in [1.82, 2.24) is 0 Å². The van der Waals surface area contributed by atoms with Crippen molar-refractivity contribution in [2.75, 3.05) is 0 Å². The van der Waals surface area contributed by atoms with E-state index >= 15 is 0 Å². The van der Waals surface area contributed by atoms with Crippen LogP contribution < -0.4 is 0 Å². The van der Waals surface area contributed by atoms with Crippen LogP contribution >= 0.6 is 0 Å². The lowest BCUT2D eigenvalue weighted by atomic mass is 9.79. The highest BCUT2D eigenvalue weighted by Crippen LogP contribution is 2.49. The van der Waals surface area contributed by atoms with E-state index in [0.717, 1.165) is 19.3 Å². The van der Waals surface area contributed by atoms with E-state index in [4.69, 9.17) is 30.6 Å². The molecule has 0 fully saturated rings. The molecule has 0 heterocycles. The minimum absolute atomic E-state index is 0.114. The number of aliphatic hydroxyl groups is 14. The Labute approximate surface area is 505 Å². The predicted octanol–water partition coefficient (Wildman–Crippen LogP) is 11.5. The zero-order chi connectivity index (χ0) is 70.4. The second-order valence-corrected chi connectivity index (χ2v) is 29.1. The second-order valence-electron chi connectivity index (χ2n) is 29.1. The van der Waals surface area contributed by atoms with Gasteiger partial charge in [-0.05, 0) is 104 Å². The zero-order valence-electron chi connectivity index (χ0n) is 56.4. The molecule has 524 valence electrons. The molecular weight excluding hydrogens is 1150 g/mol. The maximum Gasteiger partial charge on any atom is 0.459 e. The molecule has 0 aliphatic heterocycles. The third kappa shape index (κ3) is 51.1. The summed E-state index contributed by atoms with van der Waals surface area (Å²) in [6.07, 6.45) is -20.8. The molecule has 14 unspecified atom stereocenters. The lowest BCUT2D eigenvalue weighted by Crippen LogP contribution is -2.58. The first-order chi connectivity index (χ1) is 37.2. The van der Waals surface area contributed by atoms with Gasteiger partial charge in [0.05, 0.1) is 73.2 Å². The van der Waals surface area contributed by atoms with Crippen molar-refractivity contribution in [3.63, 3.8) is 0 Å². The van der Waals surface area contributed by atoms with Crippen molar-refractivity contribution >= 4 is 0 Å². The van der Waals surface area contributed by atoms with Crippen molar-refractivity contribution < 1.29 is 115 Å². The Morgan fingerprint density at radius 1 is 0.282 bits per heavy atom. The Hall–Kier alpha value is -1.26. The summed E-state index contributed by atoms with van der Waals surface area (Å²) < 4.78 is 122. The van der Waals surface area contributed by atoms with Crippen LogP contribution in [0.1, 0.15) is 237 Å². The highest BCUT2D eigenvalue weighted by atomic mass is 19.4. The van der Waals surface area contributed by atoms with Crippen molar-refractivity contribution in [3.05, 3.63) is 0 Å². The van der Waals surface area contributed by atoms with Gasteiger partial charge in [-0.3, -0.25) is 0 Å². The standard InChI is InChI=1S/C11H24O2.C10H15F7O2.C9H20O2.C8H15F3O2.2C8H18O2.C7H16O2/c1-10(2,3)8(12)7-9(13)11(4,5)6;1-7(2,3)5(18)4-6(19)8(11,12)9(13,14)10(15,16)17;1-6(2)8(10)5-9(11)7(3)4;1-7(2,3)5(12)4-6(13)8(9,10)11;1-6(9)5-7(10)8(2,3)4;1-6(2)4-8(10)5-7(3)9;1-3-6(8)5-7(9)4-2/h8-9,12-13H,7H2,1-6H3;5-6,18-19H,4H2,1-3H3;6-11H,5H2,1-4H3;5-6,12-13H,4H2,1-3H3;6-7,9-10H,5H2,1-4H3;6-10H,4-5H2,1-3H3;6-9H,3-5H2,1-2H3. The Bertz CT molecular complexity index is 1480. The van der Waals surface area contributed by atoms with Gasteiger partial charge in [-0.1, -0.05) is 159 Å². The van der Waals surface area contributed by atoms with Crippen molar-refractivity contribution in [1.29, 1.82) is 0 Å². The molecule has 14 N–H and O–H groups in total. The maximum absolute atomic E-state index is 13.0.